The predicted octanol–water partition coefficient (Wildman–Crippen LogP) is 11.2. The summed E-state index contributed by atoms with van der Waals surface area (Å²) in [5.41, 5.74) is 6.13. The minimum atomic E-state index is -1.68. The maximum absolute atomic E-state index is 10.0. The lowest BCUT2D eigenvalue weighted by Gasteiger charge is -2.38. The maximum atomic E-state index is 10.0. The topological polar surface area (TPSA) is 105 Å². The number of rotatable bonds is 19. The van der Waals surface area contributed by atoms with E-state index in [1.807, 2.05) is 96.0 Å². The highest BCUT2D eigenvalue weighted by atomic mass is 32.1. The predicted molar refractivity (Wildman–Crippen MR) is 253 cm³/mol. The standard InChI is InChI=1S/C51H54N5O6PS/c1-35(2)56(36(3)4)63(60-34-52-5)62-45-30-48(55-33-54-49-44(27-28-53-50(49)55)47-26-25-43(64-47)29-37-13-9-7-10-14-37)61-46(45)32-59-51(39-15-11-8-12-16-39,40-19-17-38(31-57)18-20-40)41-21-23-42(58-6)24-22-41/h7-28,33,35-36,45-46,48,57H,29-32,34H2,1-4,6H3/t45-,46-,48-,51?,63?/m1/s1. The van der Waals surface area contributed by atoms with Crippen LogP contribution in [0.2, 0.25) is 0 Å². The molecular formula is C51H54N5O6PS. The van der Waals surface area contributed by atoms with Gasteiger partial charge in [0.05, 0.1) is 32.8 Å². The molecular weight excluding hydrogens is 842 g/mol. The molecule has 64 heavy (non-hydrogen) atoms. The molecule has 1 fully saturated rings. The first-order chi connectivity index (χ1) is 31.2. The number of methoxy groups -OCH3 is 1. The lowest BCUT2D eigenvalue weighted by Crippen LogP contribution is -2.39. The third-order valence-corrected chi connectivity index (χ3v) is 14.7. The number of ether oxygens (including phenoxy) is 3. The molecule has 1 N–H and O–H groups in total. The van der Waals surface area contributed by atoms with Crippen LogP contribution in [0.25, 0.3) is 26.4 Å². The van der Waals surface area contributed by atoms with Crippen molar-refractivity contribution in [2.24, 2.45) is 0 Å². The van der Waals surface area contributed by atoms with E-state index in [0.717, 1.165) is 50.4 Å². The van der Waals surface area contributed by atoms with Gasteiger partial charge in [-0.2, -0.15) is 0 Å². The van der Waals surface area contributed by atoms with Gasteiger partial charge in [0.1, 0.15) is 29.2 Å². The average molecular weight is 896 g/mol. The number of hydrogen-bond donors (Lipinski definition) is 1. The van der Waals surface area contributed by atoms with E-state index in [9.17, 15) is 5.11 Å². The van der Waals surface area contributed by atoms with Crippen molar-refractivity contribution in [1.29, 1.82) is 0 Å². The van der Waals surface area contributed by atoms with Crippen LogP contribution in [0.5, 0.6) is 5.75 Å². The molecule has 4 aromatic carbocycles. The first-order valence-electron chi connectivity index (χ1n) is 21.6. The average Bonchev–Trinajstić information content (AvgIpc) is 4.08. The number of aromatic nitrogens is 3. The molecule has 2 unspecified atom stereocenters. The van der Waals surface area contributed by atoms with Gasteiger partial charge in [-0.15, -0.1) is 11.3 Å². The van der Waals surface area contributed by atoms with E-state index in [4.69, 9.17) is 39.8 Å². The number of benzene rings is 4. The van der Waals surface area contributed by atoms with Gasteiger partial charge in [0.15, 0.2) is 5.65 Å². The molecule has 11 nitrogen and oxygen atoms in total. The summed E-state index contributed by atoms with van der Waals surface area (Å²) in [5, 5.41) is 10.0. The van der Waals surface area contributed by atoms with Crippen LogP contribution in [0.15, 0.2) is 140 Å². The lowest BCUT2D eigenvalue weighted by molar-refractivity contribution is -0.0911. The van der Waals surface area contributed by atoms with Crippen LogP contribution < -0.4 is 4.74 Å². The van der Waals surface area contributed by atoms with Gasteiger partial charge < -0.3 is 23.8 Å². The Kier molecular flexibility index (Phi) is 14.6. The van der Waals surface area contributed by atoms with Crippen molar-refractivity contribution in [2.45, 2.75) is 83.3 Å². The van der Waals surface area contributed by atoms with Gasteiger partial charge in [0.25, 0.3) is 8.53 Å². The molecule has 0 aliphatic carbocycles. The Labute approximate surface area is 381 Å². The van der Waals surface area contributed by atoms with E-state index in [0.29, 0.717) is 12.1 Å². The fraction of sp³-hybridized carbons (Fsp3) is 0.314. The van der Waals surface area contributed by atoms with Gasteiger partial charge in [-0.05, 0) is 85.8 Å². The van der Waals surface area contributed by atoms with Crippen molar-refractivity contribution >= 4 is 31.0 Å². The number of imidazole rings is 1. The minimum Gasteiger partial charge on any atom is -0.497 e. The van der Waals surface area contributed by atoms with Crippen molar-refractivity contribution in [3.05, 3.63) is 184 Å². The van der Waals surface area contributed by atoms with Crippen LogP contribution in [0.1, 0.15) is 73.0 Å². The molecule has 5 atom stereocenters. The Morgan fingerprint density at radius 2 is 1.53 bits per heavy atom. The van der Waals surface area contributed by atoms with Crippen LogP contribution in [0, 0.1) is 6.57 Å². The number of pyridine rings is 1. The fourth-order valence-corrected chi connectivity index (χ4v) is 11.2. The zero-order valence-electron chi connectivity index (χ0n) is 36.8. The van der Waals surface area contributed by atoms with Gasteiger partial charge in [-0.1, -0.05) is 97.1 Å². The molecule has 0 spiro atoms. The van der Waals surface area contributed by atoms with E-state index in [1.54, 1.807) is 18.4 Å². The number of thiophene rings is 1. The number of aliphatic hydroxyl groups is 1. The Morgan fingerprint density at radius 3 is 2.19 bits per heavy atom. The molecule has 1 saturated heterocycles. The summed E-state index contributed by atoms with van der Waals surface area (Å²) in [4.78, 5) is 15.8. The summed E-state index contributed by atoms with van der Waals surface area (Å²) in [7, 11) is -0.0322. The van der Waals surface area contributed by atoms with Crippen LogP contribution >= 0.6 is 19.9 Å². The largest absolute Gasteiger partial charge is 0.497 e. The van der Waals surface area contributed by atoms with E-state index in [-0.39, 0.29) is 32.0 Å². The van der Waals surface area contributed by atoms with Crippen molar-refractivity contribution in [3.63, 3.8) is 0 Å². The molecule has 4 heterocycles. The van der Waals surface area contributed by atoms with Crippen LogP contribution in [0.3, 0.4) is 0 Å². The summed E-state index contributed by atoms with van der Waals surface area (Å²) in [6.45, 7) is 15.9. The SMILES string of the molecule is [C-]#[N+]COP(O[C@@H]1C[C@H](n2cnc3c(-c4ccc(Cc5ccccc5)s4)ccnc32)O[C@@H]1COC(c1ccccc1)(c1ccc(CO)cc1)c1ccc(OC)cc1)N(C(C)C)C(C)C. The highest BCUT2D eigenvalue weighted by Gasteiger charge is 2.45. The summed E-state index contributed by atoms with van der Waals surface area (Å²) < 4.78 is 37.6. The van der Waals surface area contributed by atoms with Crippen LogP contribution in [-0.4, -0.2) is 69.1 Å². The summed E-state index contributed by atoms with van der Waals surface area (Å²) >= 11 is 1.76. The zero-order valence-corrected chi connectivity index (χ0v) is 38.5. The van der Waals surface area contributed by atoms with E-state index in [2.05, 4.69) is 85.7 Å². The van der Waals surface area contributed by atoms with Crippen LogP contribution in [0.4, 0.5) is 0 Å². The smallest absolute Gasteiger partial charge is 0.324 e. The number of nitrogens with zero attached hydrogens (tertiary/aromatic N) is 5. The molecule has 1 aliphatic rings. The number of aliphatic hydroxyl groups excluding tert-OH is 1. The second kappa shape index (κ2) is 20.7. The molecule has 0 amide bonds. The first kappa shape index (κ1) is 45.3. The van der Waals surface area contributed by atoms with Gasteiger partial charge in [-0.3, -0.25) is 9.41 Å². The summed E-state index contributed by atoms with van der Waals surface area (Å²) in [5.74, 6) is 0.723. The Hall–Kier alpha value is -5.32. The molecule has 8 rings (SSSR count). The molecule has 0 saturated carbocycles. The highest BCUT2D eigenvalue weighted by Crippen LogP contribution is 2.51. The molecule has 3 aromatic heterocycles. The minimum absolute atomic E-state index is 0.0808. The van der Waals surface area contributed by atoms with Gasteiger partial charge in [0.2, 0.25) is 0 Å². The molecule has 0 bridgehead atoms. The molecule has 330 valence electrons. The van der Waals surface area contributed by atoms with Gasteiger partial charge in [0, 0.05) is 46.4 Å². The zero-order chi connectivity index (χ0) is 44.6. The highest BCUT2D eigenvalue weighted by molar-refractivity contribution is 7.44. The van der Waals surface area contributed by atoms with Gasteiger partial charge in [-0.25, -0.2) is 25.7 Å². The Bertz CT molecular complexity index is 2560. The van der Waals surface area contributed by atoms with Crippen molar-refractivity contribution in [3.8, 4) is 16.2 Å². The third kappa shape index (κ3) is 9.69. The van der Waals surface area contributed by atoms with Crippen molar-refractivity contribution in [1.82, 2.24) is 19.2 Å². The molecule has 13 heteroatoms. The van der Waals surface area contributed by atoms with E-state index < -0.39 is 32.6 Å². The number of hydrogen-bond acceptors (Lipinski definition) is 10. The summed E-state index contributed by atoms with van der Waals surface area (Å²) in [6.07, 6.45) is 3.34. The Morgan fingerprint density at radius 1 is 0.859 bits per heavy atom. The van der Waals surface area contributed by atoms with Crippen LogP contribution in [-0.2, 0) is 37.1 Å². The second-order valence-electron chi connectivity index (χ2n) is 16.3. The second-order valence-corrected chi connectivity index (χ2v) is 18.9. The maximum Gasteiger partial charge on any atom is 0.324 e. The van der Waals surface area contributed by atoms with E-state index >= 15 is 0 Å². The monoisotopic (exact) mass is 895 g/mol. The lowest BCUT2D eigenvalue weighted by atomic mass is 9.79. The molecule has 7 aromatic rings. The van der Waals surface area contributed by atoms with E-state index in [1.165, 1.54) is 10.4 Å². The Balaban J connectivity index is 1.17. The number of fused-ring (bicyclic) bond motifs is 1. The summed E-state index contributed by atoms with van der Waals surface area (Å²) in [6, 6.07) is 43.0. The van der Waals surface area contributed by atoms with Gasteiger partial charge >= 0.3 is 6.73 Å². The molecule has 1 aliphatic heterocycles. The normalized spacial score (nSPS) is 17.8. The first-order valence-corrected chi connectivity index (χ1v) is 23.5. The van der Waals surface area contributed by atoms with Crippen molar-refractivity contribution < 1.29 is 28.4 Å². The fourth-order valence-electron chi connectivity index (χ4n) is 8.51. The third-order valence-electron chi connectivity index (χ3n) is 11.5. The van der Waals surface area contributed by atoms with Crippen molar-refractivity contribution in [2.75, 3.05) is 20.4 Å². The quantitative estimate of drug-likeness (QED) is 0.0483. The molecule has 0 radical (unpaired) electrons.